The van der Waals surface area contributed by atoms with Crippen LogP contribution in [0.5, 0.6) is 11.5 Å². The molecular formula is C16H17NO4S. The molecule has 1 N–H and O–H groups in total. The minimum Gasteiger partial charge on any atom is -0.486 e. The van der Waals surface area contributed by atoms with E-state index in [1.165, 1.54) is 11.3 Å². The summed E-state index contributed by atoms with van der Waals surface area (Å²) < 4.78 is 11.6. The van der Waals surface area contributed by atoms with Crippen LogP contribution in [-0.4, -0.2) is 42.3 Å². The molecule has 116 valence electrons. The Labute approximate surface area is 132 Å². The van der Waals surface area contributed by atoms with Crippen LogP contribution in [0.1, 0.15) is 15.2 Å². The summed E-state index contributed by atoms with van der Waals surface area (Å²) in [6, 6.07) is 9.47. The van der Waals surface area contributed by atoms with Crippen LogP contribution in [0.2, 0.25) is 0 Å². The van der Waals surface area contributed by atoms with Crippen LogP contribution in [0.25, 0.3) is 0 Å². The van der Waals surface area contributed by atoms with Gasteiger partial charge in [0.25, 0.3) is 0 Å². The number of nitrogens with zero attached hydrogens (tertiary/aromatic N) is 1. The second-order valence-electron chi connectivity index (χ2n) is 5.27. The van der Waals surface area contributed by atoms with Crippen LogP contribution in [-0.2, 0) is 6.54 Å². The van der Waals surface area contributed by atoms with E-state index in [2.05, 4.69) is 4.90 Å². The number of ether oxygens (including phenoxy) is 2. The van der Waals surface area contributed by atoms with Gasteiger partial charge in [0.1, 0.15) is 17.6 Å². The Morgan fingerprint density at radius 2 is 2.14 bits per heavy atom. The van der Waals surface area contributed by atoms with E-state index in [0.717, 1.165) is 17.1 Å². The highest BCUT2D eigenvalue weighted by Gasteiger charge is 2.22. The van der Waals surface area contributed by atoms with E-state index in [4.69, 9.17) is 14.6 Å². The predicted octanol–water partition coefficient (Wildman–Crippen LogP) is 2.72. The summed E-state index contributed by atoms with van der Waals surface area (Å²) >= 11 is 1.25. The van der Waals surface area contributed by atoms with E-state index in [1.807, 2.05) is 42.8 Å². The predicted molar refractivity (Wildman–Crippen MR) is 84.0 cm³/mol. The van der Waals surface area contributed by atoms with E-state index in [0.29, 0.717) is 24.6 Å². The van der Waals surface area contributed by atoms with Crippen molar-refractivity contribution < 1.29 is 19.4 Å². The lowest BCUT2D eigenvalue weighted by Gasteiger charge is -2.29. The molecule has 0 spiro atoms. The number of benzene rings is 1. The highest BCUT2D eigenvalue weighted by atomic mass is 32.1. The van der Waals surface area contributed by atoms with Gasteiger partial charge in [0.2, 0.25) is 0 Å². The molecule has 0 amide bonds. The maximum atomic E-state index is 11.1. The standard InChI is InChI=1S/C16H17NO4S/c1-17(8-11-6-7-22-15(11)16(18)19)9-12-10-20-13-4-2-3-5-14(13)21-12/h2-7,12H,8-10H2,1H3,(H,18,19). The molecule has 0 saturated heterocycles. The summed E-state index contributed by atoms with van der Waals surface area (Å²) in [6.07, 6.45) is -0.0631. The molecule has 1 unspecified atom stereocenters. The van der Waals surface area contributed by atoms with Gasteiger partial charge in [-0.1, -0.05) is 12.1 Å². The van der Waals surface area contributed by atoms with Crippen LogP contribution in [0.4, 0.5) is 0 Å². The third-order valence-electron chi connectivity index (χ3n) is 3.46. The lowest BCUT2D eigenvalue weighted by molar-refractivity contribution is 0.0632. The molecule has 5 nitrogen and oxygen atoms in total. The van der Waals surface area contributed by atoms with E-state index in [9.17, 15) is 4.79 Å². The first-order chi connectivity index (χ1) is 10.6. The summed E-state index contributed by atoms with van der Waals surface area (Å²) in [6.45, 7) is 1.74. The number of para-hydroxylation sites is 2. The second-order valence-corrected chi connectivity index (χ2v) is 6.19. The molecule has 3 rings (SSSR count). The number of rotatable bonds is 5. The first-order valence-electron chi connectivity index (χ1n) is 7.00. The highest BCUT2D eigenvalue weighted by molar-refractivity contribution is 7.12. The van der Waals surface area contributed by atoms with Crippen molar-refractivity contribution in [2.45, 2.75) is 12.6 Å². The zero-order chi connectivity index (χ0) is 15.5. The van der Waals surface area contributed by atoms with Crippen molar-refractivity contribution in [3.63, 3.8) is 0 Å². The topological polar surface area (TPSA) is 59.0 Å². The minimum absolute atomic E-state index is 0.0631. The van der Waals surface area contributed by atoms with Gasteiger partial charge in [-0.3, -0.25) is 4.90 Å². The average Bonchev–Trinajstić information content (AvgIpc) is 2.95. The minimum atomic E-state index is -0.871. The summed E-state index contributed by atoms with van der Waals surface area (Å²) in [7, 11) is 1.95. The summed E-state index contributed by atoms with van der Waals surface area (Å²) in [5.41, 5.74) is 0.831. The molecule has 0 aliphatic carbocycles. The van der Waals surface area contributed by atoms with Crippen molar-refractivity contribution in [1.82, 2.24) is 4.90 Å². The fourth-order valence-electron chi connectivity index (χ4n) is 2.50. The van der Waals surface area contributed by atoms with Gasteiger partial charge in [-0.05, 0) is 36.2 Å². The Kier molecular flexibility index (Phi) is 4.31. The molecule has 1 aliphatic heterocycles. The van der Waals surface area contributed by atoms with Crippen molar-refractivity contribution in [2.24, 2.45) is 0 Å². The summed E-state index contributed by atoms with van der Waals surface area (Å²) in [5, 5.41) is 11.0. The Morgan fingerprint density at radius 3 is 2.91 bits per heavy atom. The van der Waals surface area contributed by atoms with Gasteiger partial charge in [0, 0.05) is 13.1 Å². The lowest BCUT2D eigenvalue weighted by Crippen LogP contribution is -2.39. The molecule has 22 heavy (non-hydrogen) atoms. The highest BCUT2D eigenvalue weighted by Crippen LogP contribution is 2.31. The number of carboxylic acids is 1. The zero-order valence-corrected chi connectivity index (χ0v) is 13.0. The number of thiophene rings is 1. The first kappa shape index (κ1) is 14.9. The van der Waals surface area contributed by atoms with Gasteiger partial charge in [-0.2, -0.15) is 0 Å². The molecule has 0 saturated carbocycles. The van der Waals surface area contributed by atoms with E-state index in [-0.39, 0.29) is 6.10 Å². The number of fused-ring (bicyclic) bond motifs is 1. The van der Waals surface area contributed by atoms with Crippen LogP contribution < -0.4 is 9.47 Å². The quantitative estimate of drug-likeness (QED) is 0.918. The van der Waals surface area contributed by atoms with Gasteiger partial charge >= 0.3 is 5.97 Å². The number of hydrogen-bond donors (Lipinski definition) is 1. The molecule has 1 atom stereocenters. The molecule has 2 aromatic rings. The molecule has 1 aromatic heterocycles. The fraction of sp³-hybridized carbons (Fsp3) is 0.312. The second kappa shape index (κ2) is 6.37. The number of carbonyl (C=O) groups is 1. The Hall–Kier alpha value is -2.05. The maximum absolute atomic E-state index is 11.1. The largest absolute Gasteiger partial charge is 0.486 e. The summed E-state index contributed by atoms with van der Waals surface area (Å²) in [5.74, 6) is 0.658. The van der Waals surface area contributed by atoms with Crippen molar-refractivity contribution in [2.75, 3.05) is 20.2 Å². The van der Waals surface area contributed by atoms with Crippen molar-refractivity contribution in [3.8, 4) is 11.5 Å². The SMILES string of the molecule is CN(Cc1ccsc1C(=O)O)CC1COc2ccccc2O1. The Balaban J connectivity index is 1.60. The molecule has 0 bridgehead atoms. The molecule has 6 heteroatoms. The molecule has 2 heterocycles. The average molecular weight is 319 g/mol. The van der Waals surface area contributed by atoms with Crippen LogP contribution in [0.15, 0.2) is 35.7 Å². The Morgan fingerprint density at radius 1 is 1.36 bits per heavy atom. The van der Waals surface area contributed by atoms with Crippen molar-refractivity contribution >= 4 is 17.3 Å². The van der Waals surface area contributed by atoms with Gasteiger partial charge < -0.3 is 14.6 Å². The smallest absolute Gasteiger partial charge is 0.346 e. The molecular weight excluding hydrogens is 302 g/mol. The normalized spacial score (nSPS) is 16.7. The van der Waals surface area contributed by atoms with Crippen LogP contribution in [0, 0.1) is 0 Å². The monoisotopic (exact) mass is 319 g/mol. The first-order valence-corrected chi connectivity index (χ1v) is 7.88. The van der Waals surface area contributed by atoms with Crippen molar-refractivity contribution in [1.29, 1.82) is 0 Å². The fourth-order valence-corrected chi connectivity index (χ4v) is 3.26. The van der Waals surface area contributed by atoms with Gasteiger partial charge in [-0.25, -0.2) is 4.79 Å². The van der Waals surface area contributed by atoms with Gasteiger partial charge in [0.05, 0.1) is 0 Å². The molecule has 0 fully saturated rings. The molecule has 0 radical (unpaired) electrons. The molecule has 1 aromatic carbocycles. The van der Waals surface area contributed by atoms with Gasteiger partial charge in [-0.15, -0.1) is 11.3 Å². The van der Waals surface area contributed by atoms with E-state index >= 15 is 0 Å². The number of carboxylic acid groups (broad SMARTS) is 1. The third kappa shape index (κ3) is 3.23. The lowest BCUT2D eigenvalue weighted by atomic mass is 10.2. The third-order valence-corrected chi connectivity index (χ3v) is 4.41. The molecule has 1 aliphatic rings. The number of likely N-dealkylation sites (N-methyl/N-ethyl adjacent to an activating group) is 1. The van der Waals surface area contributed by atoms with E-state index < -0.39 is 5.97 Å². The Bertz CT molecular complexity index is 670. The number of aromatic carboxylic acids is 1. The maximum Gasteiger partial charge on any atom is 0.346 e. The van der Waals surface area contributed by atoms with Crippen LogP contribution >= 0.6 is 11.3 Å². The number of hydrogen-bond acceptors (Lipinski definition) is 5. The van der Waals surface area contributed by atoms with Crippen molar-refractivity contribution in [3.05, 3.63) is 46.2 Å². The van der Waals surface area contributed by atoms with Gasteiger partial charge in [0.15, 0.2) is 11.5 Å². The van der Waals surface area contributed by atoms with E-state index in [1.54, 1.807) is 0 Å². The summed E-state index contributed by atoms with van der Waals surface area (Å²) in [4.78, 5) is 13.6. The van der Waals surface area contributed by atoms with Crippen LogP contribution in [0.3, 0.4) is 0 Å². The zero-order valence-electron chi connectivity index (χ0n) is 12.2.